The van der Waals surface area contributed by atoms with E-state index in [9.17, 15) is 0 Å². The molecule has 0 aliphatic carbocycles. The maximum absolute atomic E-state index is 6.28. The fourth-order valence-corrected chi connectivity index (χ4v) is 3.85. The molecule has 160 valence electrons. The third-order valence-electron chi connectivity index (χ3n) is 4.86. The van der Waals surface area contributed by atoms with Crippen LogP contribution in [0, 0.1) is 13.8 Å². The summed E-state index contributed by atoms with van der Waals surface area (Å²) in [4.78, 5) is 1.93. The molecular weight excluding hydrogens is 463 g/mol. The quantitative estimate of drug-likeness (QED) is 0.464. The summed E-state index contributed by atoms with van der Waals surface area (Å²) in [6.45, 7) is 7.86. The van der Waals surface area contributed by atoms with Gasteiger partial charge in [0.15, 0.2) is 5.11 Å². The molecule has 30 heavy (non-hydrogen) atoms. The Morgan fingerprint density at radius 3 is 2.53 bits per heavy atom. The molecule has 2 heterocycles. The van der Waals surface area contributed by atoms with E-state index in [1.54, 1.807) is 12.3 Å². The number of rotatable bonds is 6. The molecule has 0 radical (unpaired) electrons. The van der Waals surface area contributed by atoms with Crippen molar-refractivity contribution in [1.29, 1.82) is 0 Å². The lowest BCUT2D eigenvalue weighted by molar-refractivity contribution is 0.471. The predicted molar refractivity (Wildman–Crippen MR) is 128 cm³/mol. The van der Waals surface area contributed by atoms with Crippen LogP contribution in [0.1, 0.15) is 29.6 Å². The van der Waals surface area contributed by atoms with Crippen molar-refractivity contribution in [2.75, 3.05) is 12.4 Å². The highest BCUT2D eigenvalue weighted by molar-refractivity contribution is 7.80. The highest BCUT2D eigenvalue weighted by atomic mass is 35.5. The maximum atomic E-state index is 6.28. The Hall–Kier alpha value is -1.80. The number of aryl methyl sites for hydroxylation is 2. The van der Waals surface area contributed by atoms with E-state index in [2.05, 4.69) is 15.5 Å². The van der Waals surface area contributed by atoms with E-state index in [1.165, 1.54) is 0 Å². The van der Waals surface area contributed by atoms with Crippen LogP contribution in [0.5, 0.6) is 0 Å². The number of aromatic nitrogens is 4. The normalized spacial score (nSPS) is 11.0. The molecule has 1 N–H and O–H groups in total. The Balaban J connectivity index is 1.74. The van der Waals surface area contributed by atoms with Gasteiger partial charge in [-0.15, -0.1) is 0 Å². The molecule has 3 rings (SSSR count). The van der Waals surface area contributed by atoms with Crippen molar-refractivity contribution >= 4 is 57.8 Å². The second-order valence-electron chi connectivity index (χ2n) is 6.99. The second kappa shape index (κ2) is 9.56. The van der Waals surface area contributed by atoms with Gasteiger partial charge in [0, 0.05) is 13.6 Å². The zero-order valence-corrected chi connectivity index (χ0v) is 20.3. The summed E-state index contributed by atoms with van der Waals surface area (Å²) in [5, 5.41) is 14.5. The van der Waals surface area contributed by atoms with Gasteiger partial charge in [-0.1, -0.05) is 40.9 Å². The fraction of sp³-hybridized carbons (Fsp3) is 0.350. The smallest absolute Gasteiger partial charge is 0.173 e. The van der Waals surface area contributed by atoms with Gasteiger partial charge in [-0.3, -0.25) is 9.36 Å². The zero-order valence-electron chi connectivity index (χ0n) is 17.2. The van der Waals surface area contributed by atoms with Gasteiger partial charge in [0.2, 0.25) is 0 Å². The predicted octanol–water partition coefficient (Wildman–Crippen LogP) is 5.55. The van der Waals surface area contributed by atoms with Crippen LogP contribution in [0.25, 0.3) is 0 Å². The van der Waals surface area contributed by atoms with Gasteiger partial charge in [-0.25, -0.2) is 0 Å². The van der Waals surface area contributed by atoms with Crippen molar-refractivity contribution in [3.63, 3.8) is 0 Å². The van der Waals surface area contributed by atoms with Gasteiger partial charge >= 0.3 is 0 Å². The Labute approximate surface area is 196 Å². The number of hydrogen-bond acceptors (Lipinski definition) is 3. The van der Waals surface area contributed by atoms with Gasteiger partial charge in [0.25, 0.3) is 0 Å². The van der Waals surface area contributed by atoms with Crippen LogP contribution in [0.2, 0.25) is 15.1 Å². The Morgan fingerprint density at radius 1 is 1.13 bits per heavy atom. The van der Waals surface area contributed by atoms with E-state index >= 15 is 0 Å². The molecule has 0 unspecified atom stereocenters. The fourth-order valence-electron chi connectivity index (χ4n) is 3.16. The van der Waals surface area contributed by atoms with Gasteiger partial charge in [-0.2, -0.15) is 10.2 Å². The van der Waals surface area contributed by atoms with Gasteiger partial charge in [0.1, 0.15) is 0 Å². The van der Waals surface area contributed by atoms with Crippen molar-refractivity contribution in [2.24, 2.45) is 0 Å². The molecule has 0 spiro atoms. The lowest BCUT2D eigenvalue weighted by Gasteiger charge is -2.22. The van der Waals surface area contributed by atoms with Gasteiger partial charge in [0.05, 0.1) is 57.1 Å². The van der Waals surface area contributed by atoms with Crippen LogP contribution in [-0.4, -0.2) is 36.6 Å². The summed E-state index contributed by atoms with van der Waals surface area (Å²) in [6.07, 6.45) is 1.66. The third kappa shape index (κ3) is 4.91. The first-order valence-electron chi connectivity index (χ1n) is 9.41. The van der Waals surface area contributed by atoms with Crippen molar-refractivity contribution < 1.29 is 0 Å². The molecule has 2 aromatic heterocycles. The minimum atomic E-state index is 0.529. The summed E-state index contributed by atoms with van der Waals surface area (Å²) in [5.41, 5.74) is 4.67. The first-order valence-corrected chi connectivity index (χ1v) is 11.0. The van der Waals surface area contributed by atoms with Crippen LogP contribution in [0.3, 0.4) is 0 Å². The maximum Gasteiger partial charge on any atom is 0.173 e. The average molecular weight is 486 g/mol. The van der Waals surface area contributed by atoms with Crippen molar-refractivity contribution in [3.8, 4) is 0 Å². The molecule has 0 saturated carbocycles. The molecule has 3 aromatic rings. The molecule has 0 aliphatic rings. The van der Waals surface area contributed by atoms with Crippen LogP contribution >= 0.6 is 47.0 Å². The highest BCUT2D eigenvalue weighted by Gasteiger charge is 2.17. The van der Waals surface area contributed by atoms with Crippen molar-refractivity contribution in [3.05, 3.63) is 62.1 Å². The highest BCUT2D eigenvalue weighted by Crippen LogP contribution is 2.25. The monoisotopic (exact) mass is 484 g/mol. The molecule has 6 nitrogen and oxygen atoms in total. The van der Waals surface area contributed by atoms with E-state index in [-0.39, 0.29) is 0 Å². The third-order valence-corrected chi connectivity index (χ3v) is 6.33. The molecule has 10 heteroatoms. The molecular formula is C20H23Cl3N6S. The topological polar surface area (TPSA) is 50.9 Å². The second-order valence-corrected chi connectivity index (χ2v) is 8.60. The number of benzene rings is 1. The number of hydrogen-bond donors (Lipinski definition) is 1. The van der Waals surface area contributed by atoms with Crippen LogP contribution in [0.4, 0.5) is 5.69 Å². The Bertz CT molecular complexity index is 1070. The number of anilines is 1. The minimum Gasteiger partial charge on any atom is -0.346 e. The largest absolute Gasteiger partial charge is 0.346 e. The standard InChI is InChI=1S/C20H23Cl3N6S/c1-5-28-18(17(23)9-24-28)11-27(4)20(30)25-19-12(2)26-29(13(19)3)10-14-6-7-15(21)16(22)8-14/h6-9H,5,10-11H2,1-4H3,(H,25,30). The lowest BCUT2D eigenvalue weighted by atomic mass is 10.2. The molecule has 1 aromatic carbocycles. The molecule has 0 bridgehead atoms. The summed E-state index contributed by atoms with van der Waals surface area (Å²) in [5.74, 6) is 0. The van der Waals surface area contributed by atoms with E-state index in [0.717, 1.165) is 34.9 Å². The molecule has 0 saturated heterocycles. The van der Waals surface area contributed by atoms with Crippen LogP contribution in [0.15, 0.2) is 24.4 Å². The van der Waals surface area contributed by atoms with Crippen molar-refractivity contribution in [2.45, 2.75) is 40.4 Å². The Kier molecular flexibility index (Phi) is 7.29. The van der Waals surface area contributed by atoms with Crippen LogP contribution < -0.4 is 5.32 Å². The minimum absolute atomic E-state index is 0.529. The number of nitrogens with one attached hydrogen (secondary N) is 1. The summed E-state index contributed by atoms with van der Waals surface area (Å²) >= 11 is 24.0. The van der Waals surface area contributed by atoms with Gasteiger partial charge in [-0.05, 0) is 50.7 Å². The lowest BCUT2D eigenvalue weighted by Crippen LogP contribution is -2.32. The number of nitrogens with zero attached hydrogens (tertiary/aromatic N) is 5. The molecule has 0 fully saturated rings. The summed E-state index contributed by atoms with van der Waals surface area (Å²) < 4.78 is 3.79. The molecule has 0 amide bonds. The zero-order chi connectivity index (χ0) is 22.0. The van der Waals surface area contributed by atoms with E-state index < -0.39 is 0 Å². The van der Waals surface area contributed by atoms with E-state index in [1.807, 2.05) is 54.2 Å². The summed E-state index contributed by atoms with van der Waals surface area (Å²) in [6, 6.07) is 5.59. The van der Waals surface area contributed by atoms with E-state index in [0.29, 0.717) is 33.3 Å². The van der Waals surface area contributed by atoms with E-state index in [4.69, 9.17) is 47.0 Å². The van der Waals surface area contributed by atoms with Gasteiger partial charge < -0.3 is 10.2 Å². The summed E-state index contributed by atoms with van der Waals surface area (Å²) in [7, 11) is 1.92. The number of thiocarbonyl (C=S) groups is 1. The first kappa shape index (κ1) is 22.9. The van der Waals surface area contributed by atoms with Crippen LogP contribution in [-0.2, 0) is 19.6 Å². The molecule has 0 aliphatic heterocycles. The first-order chi connectivity index (χ1) is 14.2. The van der Waals surface area contributed by atoms with Crippen molar-refractivity contribution in [1.82, 2.24) is 24.5 Å². The number of halogens is 3. The average Bonchev–Trinajstić information content (AvgIpc) is 3.18. The SMILES string of the molecule is CCn1ncc(Cl)c1CN(C)C(=S)Nc1c(C)nn(Cc2ccc(Cl)c(Cl)c2)c1C. The Morgan fingerprint density at radius 2 is 1.87 bits per heavy atom. The molecule has 0 atom stereocenters.